The molecule has 0 bridgehead atoms. The summed E-state index contributed by atoms with van der Waals surface area (Å²) in [6.07, 6.45) is 0.651. The zero-order chi connectivity index (χ0) is 13.7. The lowest BCUT2D eigenvalue weighted by Crippen LogP contribution is -2.05. The van der Waals surface area contributed by atoms with Gasteiger partial charge in [0.15, 0.2) is 0 Å². The molecule has 0 fully saturated rings. The van der Waals surface area contributed by atoms with E-state index in [-0.39, 0.29) is 5.82 Å². The van der Waals surface area contributed by atoms with Crippen molar-refractivity contribution in [1.82, 2.24) is 0 Å². The molecule has 98 valence electrons. The average molecular weight is 321 g/mol. The Balaban J connectivity index is 2.24. The minimum absolute atomic E-state index is 0.273. The van der Waals surface area contributed by atoms with Crippen molar-refractivity contribution in [3.63, 3.8) is 0 Å². The Bertz CT molecular complexity index is 582. The second kappa shape index (κ2) is 6.48. The molecule has 0 unspecified atom stereocenters. The number of anilines is 1. The molecule has 0 aliphatic carbocycles. The van der Waals surface area contributed by atoms with E-state index < -0.39 is 0 Å². The fourth-order valence-electron chi connectivity index (χ4n) is 1.70. The van der Waals surface area contributed by atoms with E-state index in [0.29, 0.717) is 17.7 Å². The largest absolute Gasteiger partial charge is 0.278 e. The molecule has 0 heterocycles. The van der Waals surface area contributed by atoms with Gasteiger partial charge in [-0.3, -0.25) is 5.43 Å². The minimum atomic E-state index is -0.273. The van der Waals surface area contributed by atoms with E-state index in [2.05, 4.69) is 26.5 Å². The van der Waals surface area contributed by atoms with Gasteiger partial charge in [-0.25, -0.2) is 4.39 Å². The van der Waals surface area contributed by atoms with Crippen LogP contribution in [0.25, 0.3) is 0 Å². The Morgan fingerprint density at radius 1 is 1.21 bits per heavy atom. The molecule has 2 aromatic carbocycles. The van der Waals surface area contributed by atoms with Crippen molar-refractivity contribution in [2.24, 2.45) is 5.10 Å². The maximum atomic E-state index is 13.9. The highest BCUT2D eigenvalue weighted by Gasteiger charge is 2.08. The Morgan fingerprint density at radius 3 is 2.58 bits per heavy atom. The maximum Gasteiger partial charge on any atom is 0.133 e. The van der Waals surface area contributed by atoms with Crippen LogP contribution in [0.2, 0.25) is 0 Å². The van der Waals surface area contributed by atoms with Gasteiger partial charge < -0.3 is 0 Å². The quantitative estimate of drug-likeness (QED) is 0.634. The smallest absolute Gasteiger partial charge is 0.133 e. The predicted octanol–water partition coefficient (Wildman–Crippen LogP) is 4.81. The van der Waals surface area contributed by atoms with E-state index in [4.69, 9.17) is 0 Å². The zero-order valence-corrected chi connectivity index (χ0v) is 12.1. The summed E-state index contributed by atoms with van der Waals surface area (Å²) in [7, 11) is 0. The molecular formula is C15H14BrFN2. The third kappa shape index (κ3) is 3.64. The first-order chi connectivity index (χ1) is 9.20. The van der Waals surface area contributed by atoms with Crippen LogP contribution in [0.15, 0.2) is 58.1 Å². The SMILES string of the molecule is CC/C(=N/Nc1ccccc1)c1ccc(Br)cc1F. The Morgan fingerprint density at radius 2 is 1.95 bits per heavy atom. The summed E-state index contributed by atoms with van der Waals surface area (Å²) in [5.74, 6) is -0.273. The minimum Gasteiger partial charge on any atom is -0.278 e. The number of rotatable bonds is 4. The number of hydrogen-bond donors (Lipinski definition) is 1. The molecule has 0 saturated heterocycles. The van der Waals surface area contributed by atoms with Gasteiger partial charge in [0.25, 0.3) is 0 Å². The summed E-state index contributed by atoms with van der Waals surface area (Å²) < 4.78 is 14.6. The van der Waals surface area contributed by atoms with E-state index in [1.165, 1.54) is 6.07 Å². The number of nitrogens with zero attached hydrogens (tertiary/aromatic N) is 1. The van der Waals surface area contributed by atoms with Gasteiger partial charge in [0, 0.05) is 10.0 Å². The van der Waals surface area contributed by atoms with Crippen LogP contribution >= 0.6 is 15.9 Å². The highest BCUT2D eigenvalue weighted by Crippen LogP contribution is 2.17. The first kappa shape index (κ1) is 13.7. The van der Waals surface area contributed by atoms with Crippen molar-refractivity contribution in [2.45, 2.75) is 13.3 Å². The fourth-order valence-corrected chi connectivity index (χ4v) is 2.03. The van der Waals surface area contributed by atoms with Crippen molar-refractivity contribution < 1.29 is 4.39 Å². The van der Waals surface area contributed by atoms with Crippen molar-refractivity contribution in [3.8, 4) is 0 Å². The molecule has 2 aromatic rings. The summed E-state index contributed by atoms with van der Waals surface area (Å²) in [4.78, 5) is 0. The lowest BCUT2D eigenvalue weighted by molar-refractivity contribution is 0.624. The monoisotopic (exact) mass is 320 g/mol. The van der Waals surface area contributed by atoms with Crippen LogP contribution in [-0.4, -0.2) is 5.71 Å². The summed E-state index contributed by atoms with van der Waals surface area (Å²) in [5.41, 5.74) is 5.04. The van der Waals surface area contributed by atoms with E-state index in [9.17, 15) is 4.39 Å². The van der Waals surface area contributed by atoms with Gasteiger partial charge in [0.05, 0.1) is 11.4 Å². The number of halogens is 2. The molecule has 0 atom stereocenters. The molecule has 19 heavy (non-hydrogen) atoms. The number of hydrazone groups is 1. The zero-order valence-electron chi connectivity index (χ0n) is 10.5. The summed E-state index contributed by atoms with van der Waals surface area (Å²) in [6, 6.07) is 14.6. The number of nitrogens with one attached hydrogen (secondary N) is 1. The molecule has 0 aromatic heterocycles. The lowest BCUT2D eigenvalue weighted by Gasteiger charge is -2.07. The Labute approximate surface area is 120 Å². The molecule has 4 heteroatoms. The van der Waals surface area contributed by atoms with E-state index in [1.807, 2.05) is 43.3 Å². The van der Waals surface area contributed by atoms with Crippen LogP contribution in [0, 0.1) is 5.82 Å². The second-order valence-electron chi connectivity index (χ2n) is 4.01. The van der Waals surface area contributed by atoms with Crippen LogP contribution in [0.4, 0.5) is 10.1 Å². The molecular weight excluding hydrogens is 307 g/mol. The average Bonchev–Trinajstić information content (AvgIpc) is 2.42. The number of hydrogen-bond acceptors (Lipinski definition) is 2. The first-order valence-corrected chi connectivity index (χ1v) is 6.83. The molecule has 0 spiro atoms. The van der Waals surface area contributed by atoms with Gasteiger partial charge in [-0.2, -0.15) is 5.10 Å². The van der Waals surface area contributed by atoms with Gasteiger partial charge in [-0.15, -0.1) is 0 Å². The van der Waals surface area contributed by atoms with Crippen LogP contribution in [0.5, 0.6) is 0 Å². The van der Waals surface area contributed by atoms with Crippen molar-refractivity contribution in [2.75, 3.05) is 5.43 Å². The van der Waals surface area contributed by atoms with Gasteiger partial charge in [0.2, 0.25) is 0 Å². The molecule has 2 rings (SSSR count). The van der Waals surface area contributed by atoms with Crippen molar-refractivity contribution in [3.05, 3.63) is 64.4 Å². The molecule has 1 N–H and O–H groups in total. The summed E-state index contributed by atoms with van der Waals surface area (Å²) >= 11 is 3.25. The molecule has 0 amide bonds. The third-order valence-electron chi connectivity index (χ3n) is 2.67. The van der Waals surface area contributed by atoms with E-state index in [0.717, 1.165) is 10.2 Å². The summed E-state index contributed by atoms with van der Waals surface area (Å²) in [5, 5.41) is 4.28. The Kier molecular flexibility index (Phi) is 4.68. The van der Waals surface area contributed by atoms with Gasteiger partial charge >= 0.3 is 0 Å². The molecule has 2 nitrogen and oxygen atoms in total. The van der Waals surface area contributed by atoms with Crippen LogP contribution < -0.4 is 5.43 Å². The maximum absolute atomic E-state index is 13.9. The Hall–Kier alpha value is -1.68. The first-order valence-electron chi connectivity index (χ1n) is 6.03. The van der Waals surface area contributed by atoms with Gasteiger partial charge in [0.1, 0.15) is 5.82 Å². The normalized spacial score (nSPS) is 11.4. The third-order valence-corrected chi connectivity index (χ3v) is 3.16. The second-order valence-corrected chi connectivity index (χ2v) is 4.93. The van der Waals surface area contributed by atoms with Crippen LogP contribution in [0.3, 0.4) is 0 Å². The standard InChI is InChI=1S/C15H14BrFN2/c1-2-15(13-9-8-11(16)10-14(13)17)19-18-12-6-4-3-5-7-12/h3-10,18H,2H2,1H3/b19-15-. The highest BCUT2D eigenvalue weighted by atomic mass is 79.9. The topological polar surface area (TPSA) is 24.4 Å². The molecule has 0 aliphatic heterocycles. The number of para-hydroxylation sites is 1. The van der Waals surface area contributed by atoms with Crippen molar-refractivity contribution in [1.29, 1.82) is 0 Å². The van der Waals surface area contributed by atoms with E-state index in [1.54, 1.807) is 6.07 Å². The highest BCUT2D eigenvalue weighted by molar-refractivity contribution is 9.10. The van der Waals surface area contributed by atoms with Gasteiger partial charge in [-0.05, 0) is 36.8 Å². The number of benzene rings is 2. The molecule has 0 saturated carbocycles. The fraction of sp³-hybridized carbons (Fsp3) is 0.133. The van der Waals surface area contributed by atoms with Crippen LogP contribution in [0.1, 0.15) is 18.9 Å². The lowest BCUT2D eigenvalue weighted by atomic mass is 10.1. The van der Waals surface area contributed by atoms with E-state index >= 15 is 0 Å². The molecule has 0 aliphatic rings. The van der Waals surface area contributed by atoms with Crippen molar-refractivity contribution >= 4 is 27.3 Å². The van der Waals surface area contributed by atoms with Gasteiger partial charge in [-0.1, -0.05) is 41.1 Å². The molecule has 0 radical (unpaired) electrons. The summed E-state index contributed by atoms with van der Waals surface area (Å²) in [6.45, 7) is 1.95. The predicted molar refractivity (Wildman–Crippen MR) is 81.0 cm³/mol. The van der Waals surface area contributed by atoms with Crippen LogP contribution in [-0.2, 0) is 0 Å².